The maximum atomic E-state index is 4.77. The fourth-order valence-corrected chi connectivity index (χ4v) is 4.16. The molecule has 3 aromatic rings. The molecule has 1 aromatic carbocycles. The minimum absolute atomic E-state index is 0.304. The summed E-state index contributed by atoms with van der Waals surface area (Å²) in [6.07, 6.45) is 0. The number of rotatable bonds is 4. The molecule has 0 unspecified atom stereocenters. The highest BCUT2D eigenvalue weighted by Gasteiger charge is 2.24. The molecule has 2 aromatic heterocycles. The summed E-state index contributed by atoms with van der Waals surface area (Å²) in [5, 5.41) is 13.3. The van der Waals surface area contributed by atoms with Gasteiger partial charge in [0.05, 0.1) is 42.4 Å². The monoisotopic (exact) mass is 344 g/mol. The van der Waals surface area contributed by atoms with Crippen LogP contribution in [0.5, 0.6) is 0 Å². The third kappa shape index (κ3) is 2.99. The molecule has 1 aliphatic rings. The van der Waals surface area contributed by atoms with Crippen LogP contribution in [0.1, 0.15) is 25.7 Å². The van der Waals surface area contributed by atoms with Gasteiger partial charge in [-0.25, -0.2) is 9.67 Å². The van der Waals surface area contributed by atoms with E-state index in [1.807, 2.05) is 10.7 Å². The summed E-state index contributed by atoms with van der Waals surface area (Å²) in [5.41, 5.74) is 1.10. The van der Waals surface area contributed by atoms with Crippen LogP contribution in [0.2, 0.25) is 0 Å². The number of quaternary nitrogens is 1. The first-order valence-electron chi connectivity index (χ1n) is 8.41. The number of fused-ring (bicyclic) bond motifs is 1. The van der Waals surface area contributed by atoms with Crippen LogP contribution >= 0.6 is 11.3 Å². The van der Waals surface area contributed by atoms with E-state index in [9.17, 15) is 0 Å². The fraction of sp³-hybridized carbons (Fsp3) is 0.500. The summed E-state index contributed by atoms with van der Waals surface area (Å²) in [6.45, 7) is 9.33. The van der Waals surface area contributed by atoms with E-state index in [1.54, 1.807) is 11.3 Å². The molecular formula is C16H22N7S+. The maximum absolute atomic E-state index is 4.77. The summed E-state index contributed by atoms with van der Waals surface area (Å²) in [5.74, 6) is 0.980. The van der Waals surface area contributed by atoms with Gasteiger partial charge in [-0.05, 0) is 36.4 Å². The van der Waals surface area contributed by atoms with Gasteiger partial charge in [-0.1, -0.05) is 23.5 Å². The minimum atomic E-state index is 0.304. The lowest BCUT2D eigenvalue weighted by molar-refractivity contribution is -0.915. The molecule has 1 N–H and O–H groups in total. The molecule has 1 fully saturated rings. The Morgan fingerprint density at radius 2 is 2.00 bits per heavy atom. The van der Waals surface area contributed by atoms with Crippen molar-refractivity contribution in [2.45, 2.75) is 26.4 Å². The lowest BCUT2D eigenvalue weighted by atomic mass is 10.3. The van der Waals surface area contributed by atoms with E-state index < -0.39 is 0 Å². The molecule has 0 amide bonds. The minimum Gasteiger partial charge on any atom is -0.337 e. The summed E-state index contributed by atoms with van der Waals surface area (Å²) < 4.78 is 3.19. The number of nitrogens with zero attached hydrogens (tertiary/aromatic N) is 6. The van der Waals surface area contributed by atoms with Crippen molar-refractivity contribution in [3.63, 3.8) is 0 Å². The van der Waals surface area contributed by atoms with Crippen LogP contribution in [0.15, 0.2) is 24.3 Å². The molecule has 0 saturated carbocycles. The molecule has 126 valence electrons. The number of anilines is 1. The first kappa shape index (κ1) is 15.5. The predicted octanol–water partition coefficient (Wildman–Crippen LogP) is 0.769. The van der Waals surface area contributed by atoms with Crippen LogP contribution in [0.4, 0.5) is 5.13 Å². The van der Waals surface area contributed by atoms with Gasteiger partial charge in [0.1, 0.15) is 6.54 Å². The molecule has 0 bridgehead atoms. The Labute approximate surface area is 144 Å². The first-order chi connectivity index (χ1) is 11.7. The summed E-state index contributed by atoms with van der Waals surface area (Å²) >= 11 is 1.79. The third-order valence-corrected chi connectivity index (χ3v) is 5.58. The number of benzene rings is 1. The number of hydrogen-bond donors (Lipinski definition) is 1. The number of nitrogens with one attached hydrogen (secondary N) is 1. The molecule has 1 aliphatic heterocycles. The highest BCUT2D eigenvalue weighted by atomic mass is 32.1. The van der Waals surface area contributed by atoms with Gasteiger partial charge < -0.3 is 9.80 Å². The Balaban J connectivity index is 1.40. The van der Waals surface area contributed by atoms with Gasteiger partial charge in [-0.2, -0.15) is 0 Å². The Kier molecular flexibility index (Phi) is 4.15. The van der Waals surface area contributed by atoms with Crippen molar-refractivity contribution in [1.82, 2.24) is 25.2 Å². The standard InChI is InChI=1S/C16H21N7S/c1-12(2)23-15(18-19-20-23)11-21-7-9-22(10-8-21)16-17-13-5-3-4-6-14(13)24-16/h3-6,12H,7-11H2,1-2H3/p+1. The Morgan fingerprint density at radius 3 is 2.75 bits per heavy atom. The molecule has 0 atom stereocenters. The number of piperazine rings is 1. The lowest BCUT2D eigenvalue weighted by Gasteiger charge is -2.31. The van der Waals surface area contributed by atoms with E-state index in [2.05, 4.69) is 52.5 Å². The molecule has 7 nitrogen and oxygen atoms in total. The zero-order chi connectivity index (χ0) is 16.5. The van der Waals surface area contributed by atoms with Crippen molar-refractivity contribution in [3.05, 3.63) is 30.1 Å². The van der Waals surface area contributed by atoms with Gasteiger partial charge in [0.25, 0.3) is 0 Å². The van der Waals surface area contributed by atoms with Gasteiger partial charge in [-0.15, -0.1) is 5.10 Å². The number of thiazole rings is 1. The predicted molar refractivity (Wildman–Crippen MR) is 94.4 cm³/mol. The molecule has 24 heavy (non-hydrogen) atoms. The zero-order valence-electron chi connectivity index (χ0n) is 14.0. The Bertz CT molecular complexity index is 784. The van der Waals surface area contributed by atoms with E-state index in [0.29, 0.717) is 6.04 Å². The van der Waals surface area contributed by atoms with Crippen molar-refractivity contribution < 1.29 is 4.90 Å². The molecule has 0 radical (unpaired) electrons. The summed E-state index contributed by atoms with van der Waals surface area (Å²) in [4.78, 5) is 8.71. The van der Waals surface area contributed by atoms with Crippen LogP contribution in [0.3, 0.4) is 0 Å². The largest absolute Gasteiger partial charge is 0.337 e. The van der Waals surface area contributed by atoms with E-state index in [0.717, 1.165) is 49.2 Å². The topological polar surface area (TPSA) is 64.2 Å². The number of tetrazole rings is 1. The third-order valence-electron chi connectivity index (χ3n) is 4.48. The van der Waals surface area contributed by atoms with Crippen molar-refractivity contribution in [2.24, 2.45) is 0 Å². The molecule has 0 aliphatic carbocycles. The van der Waals surface area contributed by atoms with Crippen LogP contribution in [-0.2, 0) is 6.54 Å². The fourth-order valence-electron chi connectivity index (χ4n) is 3.14. The SMILES string of the molecule is CC(C)n1nnnc1C[NH+]1CCN(c2nc3ccccc3s2)CC1. The average molecular weight is 344 g/mol. The molecule has 8 heteroatoms. The second-order valence-electron chi connectivity index (χ2n) is 6.51. The number of hydrogen-bond acceptors (Lipinski definition) is 6. The molecule has 3 heterocycles. The van der Waals surface area contributed by atoms with Gasteiger partial charge in [0, 0.05) is 0 Å². The van der Waals surface area contributed by atoms with Crippen LogP contribution in [0.25, 0.3) is 10.2 Å². The van der Waals surface area contributed by atoms with E-state index >= 15 is 0 Å². The molecule has 1 saturated heterocycles. The van der Waals surface area contributed by atoms with Crippen molar-refractivity contribution >= 4 is 26.7 Å². The summed E-state index contributed by atoms with van der Waals surface area (Å²) in [6, 6.07) is 8.66. The Morgan fingerprint density at radius 1 is 1.21 bits per heavy atom. The van der Waals surface area contributed by atoms with Crippen LogP contribution in [0, 0.1) is 0 Å². The number of para-hydroxylation sites is 1. The quantitative estimate of drug-likeness (QED) is 0.757. The van der Waals surface area contributed by atoms with Gasteiger partial charge in [0.2, 0.25) is 5.82 Å². The highest BCUT2D eigenvalue weighted by Crippen LogP contribution is 2.28. The van der Waals surface area contributed by atoms with E-state index in [1.165, 1.54) is 9.60 Å². The van der Waals surface area contributed by atoms with Gasteiger partial charge in [0.15, 0.2) is 5.13 Å². The van der Waals surface area contributed by atoms with Gasteiger partial charge >= 0.3 is 0 Å². The van der Waals surface area contributed by atoms with E-state index in [-0.39, 0.29) is 0 Å². The Hall–Kier alpha value is -2.06. The average Bonchev–Trinajstić information content (AvgIpc) is 3.22. The lowest BCUT2D eigenvalue weighted by Crippen LogP contribution is -3.13. The van der Waals surface area contributed by atoms with Crippen molar-refractivity contribution in [1.29, 1.82) is 0 Å². The van der Waals surface area contributed by atoms with E-state index in [4.69, 9.17) is 4.98 Å². The first-order valence-corrected chi connectivity index (χ1v) is 9.23. The number of aromatic nitrogens is 5. The van der Waals surface area contributed by atoms with Crippen molar-refractivity contribution in [3.8, 4) is 0 Å². The zero-order valence-corrected chi connectivity index (χ0v) is 14.8. The van der Waals surface area contributed by atoms with Gasteiger partial charge in [-0.3, -0.25) is 0 Å². The second-order valence-corrected chi connectivity index (χ2v) is 7.52. The summed E-state index contributed by atoms with van der Waals surface area (Å²) in [7, 11) is 0. The highest BCUT2D eigenvalue weighted by molar-refractivity contribution is 7.22. The molecule has 4 rings (SSSR count). The smallest absolute Gasteiger partial charge is 0.206 e. The molecule has 0 spiro atoms. The molecular weight excluding hydrogens is 322 g/mol. The second kappa shape index (κ2) is 6.45. The van der Waals surface area contributed by atoms with Crippen molar-refractivity contribution in [2.75, 3.05) is 31.1 Å². The maximum Gasteiger partial charge on any atom is 0.206 e. The normalized spacial score (nSPS) is 16.4. The van der Waals surface area contributed by atoms with Crippen LogP contribution in [-0.4, -0.2) is 51.4 Å². The van der Waals surface area contributed by atoms with Crippen LogP contribution < -0.4 is 9.80 Å².